The van der Waals surface area contributed by atoms with E-state index in [1.54, 1.807) is 6.20 Å². The van der Waals surface area contributed by atoms with Crippen LogP contribution in [0.25, 0.3) is 6.08 Å². The summed E-state index contributed by atoms with van der Waals surface area (Å²) in [6, 6.07) is 0. The van der Waals surface area contributed by atoms with Crippen molar-refractivity contribution in [1.29, 1.82) is 0 Å². The Morgan fingerprint density at radius 1 is 1.80 bits per heavy atom. The fourth-order valence-corrected chi connectivity index (χ4v) is 1.24. The van der Waals surface area contributed by atoms with Gasteiger partial charge in [0.05, 0.1) is 0 Å². The van der Waals surface area contributed by atoms with Crippen molar-refractivity contribution in [3.63, 3.8) is 0 Å². The predicted octanol–water partition coefficient (Wildman–Crippen LogP) is 1.98. The van der Waals surface area contributed by atoms with Gasteiger partial charge in [0.2, 0.25) is 0 Å². The van der Waals surface area contributed by atoms with Crippen molar-refractivity contribution in [3.8, 4) is 0 Å². The van der Waals surface area contributed by atoms with Gasteiger partial charge in [0.1, 0.15) is 0 Å². The van der Waals surface area contributed by atoms with Gasteiger partial charge >= 0.3 is 0 Å². The van der Waals surface area contributed by atoms with E-state index < -0.39 is 0 Å². The van der Waals surface area contributed by atoms with E-state index in [2.05, 4.69) is 4.98 Å². The van der Waals surface area contributed by atoms with Crippen LogP contribution in [0, 0.1) is 0 Å². The summed E-state index contributed by atoms with van der Waals surface area (Å²) in [5.74, 6) is 0.526. The van der Waals surface area contributed by atoms with E-state index in [0.29, 0.717) is 11.0 Å². The van der Waals surface area contributed by atoms with Crippen LogP contribution in [0.5, 0.6) is 0 Å². The van der Waals surface area contributed by atoms with Crippen molar-refractivity contribution in [1.82, 2.24) is 4.98 Å². The summed E-state index contributed by atoms with van der Waals surface area (Å²) in [6.07, 6.45) is 5.48. The third kappa shape index (κ3) is 2.01. The Morgan fingerprint density at radius 3 is 3.10 bits per heavy atom. The molecule has 0 spiro atoms. The summed E-state index contributed by atoms with van der Waals surface area (Å²) in [5, 5.41) is 0.592. The highest BCUT2D eigenvalue weighted by molar-refractivity contribution is 7.16. The number of nitrogens with two attached hydrogens (primary N) is 1. The van der Waals surface area contributed by atoms with Crippen molar-refractivity contribution in [2.24, 2.45) is 0 Å². The first kappa shape index (κ1) is 7.57. The molecule has 1 heterocycles. The van der Waals surface area contributed by atoms with Crippen molar-refractivity contribution >= 4 is 34.1 Å². The quantitative estimate of drug-likeness (QED) is 0.697. The van der Waals surface area contributed by atoms with E-state index in [-0.39, 0.29) is 0 Å². The number of thiazole rings is 1. The minimum Gasteiger partial charge on any atom is -0.375 e. The number of rotatable bonds is 2. The van der Waals surface area contributed by atoms with Gasteiger partial charge in [-0.25, -0.2) is 4.98 Å². The average Bonchev–Trinajstić information content (AvgIpc) is 2.31. The summed E-state index contributed by atoms with van der Waals surface area (Å²) >= 11 is 6.87. The van der Waals surface area contributed by atoms with Gasteiger partial charge in [-0.05, 0) is 6.08 Å². The third-order valence-electron chi connectivity index (χ3n) is 0.913. The van der Waals surface area contributed by atoms with Crippen molar-refractivity contribution < 1.29 is 0 Å². The Morgan fingerprint density at radius 2 is 2.60 bits per heavy atom. The van der Waals surface area contributed by atoms with Gasteiger partial charge in [-0.1, -0.05) is 17.4 Å². The summed E-state index contributed by atoms with van der Waals surface area (Å²) in [4.78, 5) is 4.91. The number of allylic oxidation sites excluding steroid dienone is 1. The van der Waals surface area contributed by atoms with Crippen molar-refractivity contribution in [2.45, 2.75) is 0 Å². The van der Waals surface area contributed by atoms with Crippen LogP contribution in [0.15, 0.2) is 12.3 Å². The van der Waals surface area contributed by atoms with Crippen LogP contribution >= 0.6 is 22.9 Å². The fraction of sp³-hybridized carbons (Fsp3) is 0.167. The number of alkyl halides is 1. The van der Waals surface area contributed by atoms with E-state index in [0.717, 1.165) is 4.88 Å². The van der Waals surface area contributed by atoms with Crippen molar-refractivity contribution in [2.75, 3.05) is 11.6 Å². The topological polar surface area (TPSA) is 38.9 Å². The lowest BCUT2D eigenvalue weighted by molar-refractivity contribution is 1.42. The Labute approximate surface area is 68.3 Å². The first-order valence-electron chi connectivity index (χ1n) is 2.76. The van der Waals surface area contributed by atoms with E-state index in [9.17, 15) is 0 Å². The molecule has 1 aromatic rings. The maximum Gasteiger partial charge on any atom is 0.180 e. The molecule has 10 heavy (non-hydrogen) atoms. The smallest absolute Gasteiger partial charge is 0.180 e. The number of anilines is 1. The molecule has 54 valence electrons. The number of halogens is 1. The van der Waals surface area contributed by atoms with Gasteiger partial charge in [-0.3, -0.25) is 0 Å². The lowest BCUT2D eigenvalue weighted by Gasteiger charge is -1.77. The van der Waals surface area contributed by atoms with Gasteiger partial charge in [0.25, 0.3) is 0 Å². The van der Waals surface area contributed by atoms with Crippen LogP contribution in [-0.4, -0.2) is 10.9 Å². The van der Waals surface area contributed by atoms with E-state index in [1.165, 1.54) is 11.3 Å². The van der Waals surface area contributed by atoms with Crippen molar-refractivity contribution in [3.05, 3.63) is 17.2 Å². The Kier molecular flexibility index (Phi) is 2.71. The molecule has 2 nitrogen and oxygen atoms in total. The number of aromatic nitrogens is 1. The van der Waals surface area contributed by atoms with Crippen LogP contribution in [0.2, 0.25) is 0 Å². The molecule has 4 heteroatoms. The lowest BCUT2D eigenvalue weighted by atomic mass is 10.5. The lowest BCUT2D eigenvalue weighted by Crippen LogP contribution is -1.77. The molecule has 0 aromatic carbocycles. The van der Waals surface area contributed by atoms with E-state index >= 15 is 0 Å². The predicted molar refractivity (Wildman–Crippen MR) is 46.3 cm³/mol. The zero-order valence-corrected chi connectivity index (χ0v) is 6.82. The first-order chi connectivity index (χ1) is 4.83. The standard InChI is InChI=1S/C6H7ClN2S/c7-3-1-2-5-4-9-6(8)10-5/h1-2,4H,3H2,(H2,8,9). The molecule has 0 aliphatic carbocycles. The largest absolute Gasteiger partial charge is 0.375 e. The average molecular weight is 175 g/mol. The Bertz CT molecular complexity index is 231. The van der Waals surface area contributed by atoms with Crippen LogP contribution < -0.4 is 5.73 Å². The van der Waals surface area contributed by atoms with Gasteiger partial charge in [0.15, 0.2) is 5.13 Å². The number of hydrogen-bond acceptors (Lipinski definition) is 3. The molecule has 0 saturated carbocycles. The maximum absolute atomic E-state index is 5.42. The van der Waals surface area contributed by atoms with Crippen LogP contribution in [0.3, 0.4) is 0 Å². The molecule has 0 bridgehead atoms. The molecule has 0 atom stereocenters. The highest BCUT2D eigenvalue weighted by atomic mass is 35.5. The molecule has 0 unspecified atom stereocenters. The minimum absolute atomic E-state index is 0.526. The zero-order chi connectivity index (χ0) is 7.40. The highest BCUT2D eigenvalue weighted by Gasteiger charge is 1.91. The summed E-state index contributed by atoms with van der Waals surface area (Å²) in [6.45, 7) is 0. The van der Waals surface area contributed by atoms with Gasteiger partial charge in [0, 0.05) is 17.0 Å². The fourth-order valence-electron chi connectivity index (χ4n) is 0.538. The van der Waals surface area contributed by atoms with Crippen LogP contribution in [0.1, 0.15) is 4.88 Å². The molecule has 0 fully saturated rings. The number of hydrogen-bond donors (Lipinski definition) is 1. The normalized spacial score (nSPS) is 10.9. The first-order valence-corrected chi connectivity index (χ1v) is 4.12. The van der Waals surface area contributed by atoms with Gasteiger partial charge in [-0.15, -0.1) is 11.6 Å². The molecular weight excluding hydrogens is 168 g/mol. The molecular formula is C6H7ClN2S. The van der Waals surface area contributed by atoms with Gasteiger partial charge < -0.3 is 5.73 Å². The monoisotopic (exact) mass is 174 g/mol. The molecule has 0 radical (unpaired) electrons. The van der Waals surface area contributed by atoms with E-state index in [4.69, 9.17) is 17.3 Å². The molecule has 2 N–H and O–H groups in total. The Hall–Kier alpha value is -0.540. The maximum atomic E-state index is 5.42. The molecule has 1 aromatic heterocycles. The summed E-state index contributed by atoms with van der Waals surface area (Å²) < 4.78 is 0. The number of nitrogen functional groups attached to an aromatic ring is 1. The molecule has 1 rings (SSSR count). The van der Waals surface area contributed by atoms with Crippen LogP contribution in [0.4, 0.5) is 5.13 Å². The zero-order valence-electron chi connectivity index (χ0n) is 5.25. The number of nitrogens with zero attached hydrogens (tertiary/aromatic N) is 1. The summed E-state index contributed by atoms with van der Waals surface area (Å²) in [5.41, 5.74) is 5.39. The van der Waals surface area contributed by atoms with E-state index in [1.807, 2.05) is 12.2 Å². The third-order valence-corrected chi connectivity index (χ3v) is 1.88. The SMILES string of the molecule is Nc1ncc(C=CCCl)s1. The molecule has 0 amide bonds. The van der Waals surface area contributed by atoms with Crippen LogP contribution in [-0.2, 0) is 0 Å². The second kappa shape index (κ2) is 3.58. The Balaban J connectivity index is 2.67. The van der Waals surface area contributed by atoms with Gasteiger partial charge in [-0.2, -0.15) is 0 Å². The second-order valence-corrected chi connectivity index (χ2v) is 3.06. The molecule has 0 saturated heterocycles. The highest BCUT2D eigenvalue weighted by Crippen LogP contribution is 2.15. The summed E-state index contributed by atoms with van der Waals surface area (Å²) in [7, 11) is 0. The second-order valence-electron chi connectivity index (χ2n) is 1.66. The molecule has 0 aliphatic heterocycles. The minimum atomic E-state index is 0.526. The molecule has 0 aliphatic rings.